The molecule has 0 bridgehead atoms. The van der Waals surface area contributed by atoms with Crippen molar-refractivity contribution in [3.05, 3.63) is 0 Å². The fourth-order valence-corrected chi connectivity index (χ4v) is 0.300. The van der Waals surface area contributed by atoms with Crippen LogP contribution in [0.15, 0.2) is 0 Å². The Morgan fingerprint density at radius 3 is 2.12 bits per heavy atom. The molecule has 0 aliphatic rings. The Kier molecular flexibility index (Phi) is 2.84. The van der Waals surface area contributed by atoms with Crippen LogP contribution in [0.4, 0.5) is 0 Å². The van der Waals surface area contributed by atoms with Crippen molar-refractivity contribution in [2.24, 2.45) is 0 Å². The van der Waals surface area contributed by atoms with E-state index in [9.17, 15) is 9.59 Å². The van der Waals surface area contributed by atoms with Crippen molar-refractivity contribution in [1.82, 2.24) is 5.32 Å². The maximum absolute atomic E-state index is 10.3. The molecule has 0 fully saturated rings. The summed E-state index contributed by atoms with van der Waals surface area (Å²) in [5.41, 5.74) is 0. The van der Waals surface area contributed by atoms with Gasteiger partial charge >= 0.3 is 0 Å². The molecule has 0 spiro atoms. The van der Waals surface area contributed by atoms with Gasteiger partial charge in [0, 0.05) is 13.5 Å². The lowest BCUT2D eigenvalue weighted by atomic mass is 10.3. The van der Waals surface area contributed by atoms with Crippen LogP contribution in [0.25, 0.3) is 0 Å². The largest absolute Gasteiger partial charge is 0.353 e. The molecule has 0 aromatic heterocycles. The molecule has 0 rings (SSSR count). The van der Waals surface area contributed by atoms with Gasteiger partial charge in [0.25, 0.3) is 5.91 Å². The second-order valence-corrected chi connectivity index (χ2v) is 1.36. The van der Waals surface area contributed by atoms with Gasteiger partial charge < -0.3 is 5.32 Å². The van der Waals surface area contributed by atoms with Crippen LogP contribution < -0.4 is 5.32 Å². The van der Waals surface area contributed by atoms with Crippen molar-refractivity contribution in [1.29, 1.82) is 0 Å². The quantitative estimate of drug-likeness (QED) is 0.503. The van der Waals surface area contributed by atoms with E-state index in [1.807, 2.05) is 0 Å². The van der Waals surface area contributed by atoms with Gasteiger partial charge in [-0.05, 0) is 0 Å². The molecule has 0 aromatic rings. The smallest absolute Gasteiger partial charge is 0.287 e. The minimum absolute atomic E-state index is 0.277. The molecule has 1 amide bonds. The summed E-state index contributed by atoms with van der Waals surface area (Å²) in [5.74, 6) is -0.875. The molecule has 0 unspecified atom stereocenters. The number of nitrogens with one attached hydrogen (secondary N) is 1. The molecule has 0 heterocycles. The Morgan fingerprint density at radius 2 is 2.00 bits per heavy atom. The van der Waals surface area contributed by atoms with Crippen molar-refractivity contribution in [2.75, 3.05) is 7.05 Å². The van der Waals surface area contributed by atoms with E-state index in [-0.39, 0.29) is 12.2 Å². The molecule has 1 N–H and O–H groups in total. The Morgan fingerprint density at radius 1 is 1.50 bits per heavy atom. The van der Waals surface area contributed by atoms with E-state index in [4.69, 9.17) is 0 Å². The van der Waals surface area contributed by atoms with E-state index in [0.717, 1.165) is 0 Å². The van der Waals surface area contributed by atoms with Crippen LogP contribution >= 0.6 is 0 Å². The summed E-state index contributed by atoms with van der Waals surface area (Å²) in [7, 11) is 1.44. The first-order valence-corrected chi connectivity index (χ1v) is 2.47. The Bertz CT molecular complexity index is 95.0. The van der Waals surface area contributed by atoms with Gasteiger partial charge in [-0.3, -0.25) is 9.59 Å². The van der Waals surface area contributed by atoms with Crippen LogP contribution in [0.1, 0.15) is 13.3 Å². The van der Waals surface area contributed by atoms with Crippen LogP contribution in [-0.4, -0.2) is 18.7 Å². The zero-order chi connectivity index (χ0) is 6.57. The minimum Gasteiger partial charge on any atom is -0.353 e. The number of amides is 1. The topological polar surface area (TPSA) is 46.2 Å². The molecule has 0 radical (unpaired) electrons. The monoisotopic (exact) mass is 115 g/mol. The van der Waals surface area contributed by atoms with Gasteiger partial charge in [0.05, 0.1) is 0 Å². The van der Waals surface area contributed by atoms with Crippen molar-refractivity contribution in [2.45, 2.75) is 13.3 Å². The summed E-state index contributed by atoms with van der Waals surface area (Å²) >= 11 is 0. The normalized spacial score (nSPS) is 8.25. The third-order valence-electron chi connectivity index (χ3n) is 0.801. The summed E-state index contributed by atoms with van der Waals surface area (Å²) in [5, 5.41) is 2.23. The Hall–Kier alpha value is -0.860. The van der Waals surface area contributed by atoms with Gasteiger partial charge in [0.2, 0.25) is 5.78 Å². The van der Waals surface area contributed by atoms with Gasteiger partial charge in [0.1, 0.15) is 0 Å². The summed E-state index contributed by atoms with van der Waals surface area (Å²) in [6, 6.07) is 0. The number of carbonyl (C=O) groups excluding carboxylic acids is 2. The van der Waals surface area contributed by atoms with Gasteiger partial charge in [-0.1, -0.05) is 6.92 Å². The highest BCUT2D eigenvalue weighted by molar-refractivity contribution is 6.35. The molecule has 0 aliphatic carbocycles. The van der Waals surface area contributed by atoms with Crippen molar-refractivity contribution >= 4 is 11.7 Å². The van der Waals surface area contributed by atoms with Gasteiger partial charge in [-0.25, -0.2) is 0 Å². The van der Waals surface area contributed by atoms with Crippen LogP contribution in [-0.2, 0) is 9.59 Å². The number of hydrogen-bond donors (Lipinski definition) is 1. The molecule has 0 aromatic carbocycles. The zero-order valence-electron chi connectivity index (χ0n) is 5.02. The van der Waals surface area contributed by atoms with E-state index in [1.165, 1.54) is 7.05 Å². The zero-order valence-corrected chi connectivity index (χ0v) is 5.02. The Labute approximate surface area is 48.1 Å². The molecular formula is C5H9NO2. The lowest BCUT2D eigenvalue weighted by Gasteiger charge is -1.90. The minimum atomic E-state index is -0.507. The first kappa shape index (κ1) is 7.14. The summed E-state index contributed by atoms with van der Waals surface area (Å²) < 4.78 is 0. The van der Waals surface area contributed by atoms with Crippen LogP contribution in [0.3, 0.4) is 0 Å². The number of Topliss-reactive ketones (excluding diaryl/α,β-unsaturated/α-hetero) is 1. The molecule has 8 heavy (non-hydrogen) atoms. The van der Waals surface area contributed by atoms with Gasteiger partial charge in [-0.15, -0.1) is 0 Å². The molecule has 0 saturated carbocycles. The molecule has 0 aliphatic heterocycles. The van der Waals surface area contributed by atoms with E-state index >= 15 is 0 Å². The highest BCUT2D eigenvalue weighted by Crippen LogP contribution is 1.77. The van der Waals surface area contributed by atoms with Crippen LogP contribution in [0.5, 0.6) is 0 Å². The van der Waals surface area contributed by atoms with Crippen molar-refractivity contribution < 1.29 is 9.59 Å². The number of hydrogen-bond acceptors (Lipinski definition) is 2. The lowest BCUT2D eigenvalue weighted by Crippen LogP contribution is -2.26. The molecule has 0 saturated heterocycles. The van der Waals surface area contributed by atoms with E-state index in [2.05, 4.69) is 5.32 Å². The molecular weight excluding hydrogens is 106 g/mol. The second kappa shape index (κ2) is 3.18. The van der Waals surface area contributed by atoms with Crippen LogP contribution in [0.2, 0.25) is 0 Å². The number of carbonyl (C=O) groups is 2. The predicted molar refractivity (Wildman–Crippen MR) is 29.4 cm³/mol. The summed E-state index contributed by atoms with van der Waals surface area (Å²) in [4.78, 5) is 20.6. The molecule has 3 heteroatoms. The first-order chi connectivity index (χ1) is 3.72. The Balaban J connectivity index is 3.64. The van der Waals surface area contributed by atoms with E-state index in [0.29, 0.717) is 0 Å². The number of likely N-dealkylation sites (N-methyl/N-ethyl adjacent to an activating group) is 1. The van der Waals surface area contributed by atoms with Gasteiger partial charge in [0.15, 0.2) is 0 Å². The molecule has 0 atom stereocenters. The van der Waals surface area contributed by atoms with Crippen molar-refractivity contribution in [3.8, 4) is 0 Å². The fraction of sp³-hybridized carbons (Fsp3) is 0.600. The van der Waals surface area contributed by atoms with Gasteiger partial charge in [-0.2, -0.15) is 0 Å². The third kappa shape index (κ3) is 1.73. The highest BCUT2D eigenvalue weighted by atomic mass is 16.2. The highest BCUT2D eigenvalue weighted by Gasteiger charge is 2.05. The van der Waals surface area contributed by atoms with E-state index in [1.54, 1.807) is 6.92 Å². The maximum atomic E-state index is 10.3. The lowest BCUT2D eigenvalue weighted by molar-refractivity contribution is -0.137. The predicted octanol–water partition coefficient (Wildman–Crippen LogP) is -0.288. The average Bonchev–Trinajstić information content (AvgIpc) is 1.84. The second-order valence-electron chi connectivity index (χ2n) is 1.36. The summed E-state index contributed by atoms with van der Waals surface area (Å²) in [6.07, 6.45) is 0.277. The number of rotatable bonds is 2. The first-order valence-electron chi connectivity index (χ1n) is 2.47. The standard InChI is InChI=1S/C5H9NO2/c1-3-4(7)5(8)6-2/h3H2,1-2H3,(H,6,8). The number of ketones is 1. The molecule has 46 valence electrons. The third-order valence-corrected chi connectivity index (χ3v) is 0.801. The van der Waals surface area contributed by atoms with Crippen molar-refractivity contribution in [3.63, 3.8) is 0 Å². The molecule has 3 nitrogen and oxygen atoms in total. The average molecular weight is 115 g/mol. The fourth-order valence-electron chi connectivity index (χ4n) is 0.300. The van der Waals surface area contributed by atoms with E-state index < -0.39 is 5.91 Å². The van der Waals surface area contributed by atoms with Crippen LogP contribution in [0, 0.1) is 0 Å². The summed E-state index contributed by atoms with van der Waals surface area (Å²) in [6.45, 7) is 1.65. The maximum Gasteiger partial charge on any atom is 0.287 e. The SMILES string of the molecule is CCC(=O)C(=O)NC.